The Kier molecular flexibility index (Phi) is 7.08. The summed E-state index contributed by atoms with van der Waals surface area (Å²) in [6.45, 7) is 5.19. The molecule has 0 aliphatic carbocycles. The van der Waals surface area contributed by atoms with Crippen LogP contribution in [0, 0.1) is 5.92 Å². The van der Waals surface area contributed by atoms with Crippen molar-refractivity contribution in [2.24, 2.45) is 5.92 Å². The highest BCUT2D eigenvalue weighted by atomic mass is 32.1. The number of urea groups is 1. The van der Waals surface area contributed by atoms with Gasteiger partial charge in [-0.2, -0.15) is 0 Å². The molecule has 1 aromatic heterocycles. The van der Waals surface area contributed by atoms with E-state index in [-0.39, 0.29) is 12.6 Å². The van der Waals surface area contributed by atoms with Gasteiger partial charge in [0.1, 0.15) is 0 Å². The van der Waals surface area contributed by atoms with E-state index < -0.39 is 11.9 Å². The van der Waals surface area contributed by atoms with E-state index in [9.17, 15) is 9.59 Å². The first-order valence-electron chi connectivity index (χ1n) is 6.86. The molecule has 1 unspecified atom stereocenters. The molecule has 0 spiro atoms. The summed E-state index contributed by atoms with van der Waals surface area (Å²) in [5.74, 6) is -1.36. The Morgan fingerprint density at radius 1 is 1.45 bits per heavy atom. The van der Waals surface area contributed by atoms with Gasteiger partial charge in [0.25, 0.3) is 0 Å². The molecule has 5 nitrogen and oxygen atoms in total. The van der Waals surface area contributed by atoms with Gasteiger partial charge in [0.15, 0.2) is 0 Å². The molecule has 112 valence electrons. The number of carbonyl (C=O) groups excluding carboxylic acids is 1. The third-order valence-corrected chi connectivity index (χ3v) is 3.94. The Hall–Kier alpha value is -1.56. The molecular weight excluding hydrogens is 276 g/mol. The number of rotatable bonds is 8. The van der Waals surface area contributed by atoms with Gasteiger partial charge in [0, 0.05) is 18.0 Å². The molecular formula is C14H22N2O3S. The maximum absolute atomic E-state index is 12.1. The minimum absolute atomic E-state index is 0.183. The Balaban J connectivity index is 2.48. The van der Waals surface area contributed by atoms with Gasteiger partial charge in [-0.25, -0.2) is 4.79 Å². The van der Waals surface area contributed by atoms with Gasteiger partial charge in [0.2, 0.25) is 0 Å². The molecule has 0 radical (unpaired) electrons. The molecule has 6 heteroatoms. The van der Waals surface area contributed by atoms with Crippen LogP contribution in [0.5, 0.6) is 0 Å². The summed E-state index contributed by atoms with van der Waals surface area (Å²) < 4.78 is 0. The summed E-state index contributed by atoms with van der Waals surface area (Å²) >= 11 is 1.61. The number of hydrogen-bond donors (Lipinski definition) is 2. The second-order valence-electron chi connectivity index (χ2n) is 4.60. The van der Waals surface area contributed by atoms with Crippen LogP contribution in [0.15, 0.2) is 17.5 Å². The Labute approximate surface area is 123 Å². The second-order valence-corrected chi connectivity index (χ2v) is 5.64. The molecule has 1 aromatic rings. The van der Waals surface area contributed by atoms with E-state index in [0.29, 0.717) is 19.5 Å². The number of hydrogen-bond acceptors (Lipinski definition) is 3. The van der Waals surface area contributed by atoms with Crippen molar-refractivity contribution in [2.45, 2.75) is 33.2 Å². The number of thiophene rings is 1. The van der Waals surface area contributed by atoms with Crippen molar-refractivity contribution in [3.05, 3.63) is 22.4 Å². The van der Waals surface area contributed by atoms with Crippen LogP contribution < -0.4 is 5.32 Å². The fourth-order valence-electron chi connectivity index (χ4n) is 1.90. The van der Waals surface area contributed by atoms with Crippen LogP contribution in [0.25, 0.3) is 0 Å². The van der Waals surface area contributed by atoms with Gasteiger partial charge < -0.3 is 15.3 Å². The summed E-state index contributed by atoms with van der Waals surface area (Å²) in [6.07, 6.45) is 1.37. The van der Waals surface area contributed by atoms with E-state index in [0.717, 1.165) is 11.3 Å². The van der Waals surface area contributed by atoms with E-state index >= 15 is 0 Å². The number of amides is 2. The SMILES string of the molecule is CCCC(CNC(=O)N(CC)Cc1cccs1)C(=O)O. The van der Waals surface area contributed by atoms with Crippen LogP contribution in [-0.4, -0.2) is 35.1 Å². The van der Waals surface area contributed by atoms with Crippen molar-refractivity contribution < 1.29 is 14.7 Å². The van der Waals surface area contributed by atoms with Crippen molar-refractivity contribution in [3.63, 3.8) is 0 Å². The van der Waals surface area contributed by atoms with Crippen LogP contribution in [0.4, 0.5) is 4.79 Å². The molecule has 0 aliphatic rings. The lowest BCUT2D eigenvalue weighted by atomic mass is 10.0. The van der Waals surface area contributed by atoms with Gasteiger partial charge in [0.05, 0.1) is 12.5 Å². The van der Waals surface area contributed by atoms with Gasteiger partial charge in [-0.05, 0) is 24.8 Å². The second kappa shape index (κ2) is 8.58. The minimum Gasteiger partial charge on any atom is -0.481 e. The summed E-state index contributed by atoms with van der Waals surface area (Å²) in [5, 5.41) is 13.8. The molecule has 0 saturated carbocycles. The number of carbonyl (C=O) groups is 2. The van der Waals surface area contributed by atoms with Crippen molar-refractivity contribution in [1.29, 1.82) is 0 Å². The monoisotopic (exact) mass is 298 g/mol. The van der Waals surface area contributed by atoms with E-state index in [1.54, 1.807) is 16.2 Å². The Morgan fingerprint density at radius 3 is 2.70 bits per heavy atom. The molecule has 0 aliphatic heterocycles. The van der Waals surface area contributed by atoms with E-state index in [1.165, 1.54) is 0 Å². The average molecular weight is 298 g/mol. The standard InChI is InChI=1S/C14H22N2O3S/c1-3-6-11(13(17)18)9-15-14(19)16(4-2)10-12-7-5-8-20-12/h5,7-8,11H,3-4,6,9-10H2,1-2H3,(H,15,19)(H,17,18). The number of nitrogens with one attached hydrogen (secondary N) is 1. The first kappa shape index (κ1) is 16.5. The van der Waals surface area contributed by atoms with Gasteiger partial charge in [-0.3, -0.25) is 4.79 Å². The maximum atomic E-state index is 12.1. The summed E-state index contributed by atoms with van der Waals surface area (Å²) in [7, 11) is 0. The zero-order valence-electron chi connectivity index (χ0n) is 12.0. The van der Waals surface area contributed by atoms with E-state index in [4.69, 9.17) is 5.11 Å². The molecule has 1 rings (SSSR count). The fraction of sp³-hybridized carbons (Fsp3) is 0.571. The molecule has 2 amide bonds. The van der Waals surface area contributed by atoms with E-state index in [2.05, 4.69) is 5.32 Å². The number of aliphatic carboxylic acids is 1. The van der Waals surface area contributed by atoms with Crippen LogP contribution in [0.1, 0.15) is 31.6 Å². The third-order valence-electron chi connectivity index (χ3n) is 3.08. The highest BCUT2D eigenvalue weighted by molar-refractivity contribution is 7.09. The summed E-state index contributed by atoms with van der Waals surface area (Å²) in [4.78, 5) is 25.9. The molecule has 0 aromatic carbocycles. The van der Waals surface area contributed by atoms with Crippen molar-refractivity contribution in [2.75, 3.05) is 13.1 Å². The number of carboxylic acids is 1. The highest BCUT2D eigenvalue weighted by Crippen LogP contribution is 2.12. The normalized spacial score (nSPS) is 11.9. The lowest BCUT2D eigenvalue weighted by Gasteiger charge is -2.22. The van der Waals surface area contributed by atoms with Gasteiger partial charge in [-0.1, -0.05) is 19.4 Å². The Morgan fingerprint density at radius 2 is 2.20 bits per heavy atom. The topological polar surface area (TPSA) is 69.6 Å². The number of nitrogens with zero attached hydrogens (tertiary/aromatic N) is 1. The van der Waals surface area contributed by atoms with Crippen molar-refractivity contribution in [3.8, 4) is 0 Å². The highest BCUT2D eigenvalue weighted by Gasteiger charge is 2.19. The molecule has 2 N–H and O–H groups in total. The maximum Gasteiger partial charge on any atom is 0.317 e. The van der Waals surface area contributed by atoms with Gasteiger partial charge >= 0.3 is 12.0 Å². The molecule has 1 heterocycles. The van der Waals surface area contributed by atoms with Crippen LogP contribution in [-0.2, 0) is 11.3 Å². The van der Waals surface area contributed by atoms with Crippen LogP contribution >= 0.6 is 11.3 Å². The van der Waals surface area contributed by atoms with Gasteiger partial charge in [-0.15, -0.1) is 11.3 Å². The minimum atomic E-state index is -0.853. The summed E-state index contributed by atoms with van der Waals surface area (Å²) in [6, 6.07) is 3.73. The van der Waals surface area contributed by atoms with Crippen molar-refractivity contribution >= 4 is 23.3 Å². The zero-order valence-corrected chi connectivity index (χ0v) is 12.8. The van der Waals surface area contributed by atoms with Crippen LogP contribution in [0.2, 0.25) is 0 Å². The fourth-order valence-corrected chi connectivity index (χ4v) is 2.62. The first-order chi connectivity index (χ1) is 9.58. The lowest BCUT2D eigenvalue weighted by molar-refractivity contribution is -0.141. The molecule has 20 heavy (non-hydrogen) atoms. The molecule has 0 fully saturated rings. The molecule has 1 atom stereocenters. The first-order valence-corrected chi connectivity index (χ1v) is 7.74. The Bertz CT molecular complexity index is 420. The average Bonchev–Trinajstić information content (AvgIpc) is 2.93. The molecule has 0 bridgehead atoms. The van der Waals surface area contributed by atoms with E-state index in [1.807, 2.05) is 31.4 Å². The lowest BCUT2D eigenvalue weighted by Crippen LogP contribution is -2.42. The summed E-state index contributed by atoms with van der Waals surface area (Å²) in [5.41, 5.74) is 0. The number of carboxylic acid groups (broad SMARTS) is 1. The molecule has 0 saturated heterocycles. The van der Waals surface area contributed by atoms with Crippen molar-refractivity contribution in [1.82, 2.24) is 10.2 Å². The smallest absolute Gasteiger partial charge is 0.317 e. The predicted octanol–water partition coefficient (Wildman–Crippen LogP) is 2.78. The van der Waals surface area contributed by atoms with Crippen LogP contribution in [0.3, 0.4) is 0 Å². The third kappa shape index (κ3) is 5.21. The predicted molar refractivity (Wildman–Crippen MR) is 79.8 cm³/mol. The quantitative estimate of drug-likeness (QED) is 0.775. The largest absolute Gasteiger partial charge is 0.481 e. The zero-order chi connectivity index (χ0) is 15.0.